The van der Waals surface area contributed by atoms with E-state index >= 15 is 0 Å². The summed E-state index contributed by atoms with van der Waals surface area (Å²) >= 11 is 0. The van der Waals surface area contributed by atoms with Gasteiger partial charge in [0.2, 0.25) is 5.79 Å². The van der Waals surface area contributed by atoms with Crippen LogP contribution in [0.4, 0.5) is 13.2 Å². The Morgan fingerprint density at radius 1 is 1.29 bits per heavy atom. The van der Waals surface area contributed by atoms with E-state index in [4.69, 9.17) is 14.2 Å². The standard InChI is InChI=1S/C13H14F3NO6S/c1-9(18)23-11-5-3-2-4-10(11)12(21-6-7-22-12)8-17-24(19,20)13(14,15)16/h2-5,17H,6-8H2,1H3. The topological polar surface area (TPSA) is 90.9 Å². The number of ether oxygens (including phenoxy) is 3. The lowest BCUT2D eigenvalue weighted by molar-refractivity contribution is -0.161. The van der Waals surface area contributed by atoms with Gasteiger partial charge in [-0.05, 0) is 12.1 Å². The van der Waals surface area contributed by atoms with E-state index in [0.29, 0.717) is 0 Å². The van der Waals surface area contributed by atoms with Crippen molar-refractivity contribution in [1.29, 1.82) is 0 Å². The van der Waals surface area contributed by atoms with Gasteiger partial charge in [-0.25, -0.2) is 13.1 Å². The number of benzene rings is 1. The summed E-state index contributed by atoms with van der Waals surface area (Å²) in [4.78, 5) is 11.2. The lowest BCUT2D eigenvalue weighted by Crippen LogP contribution is -2.46. The Morgan fingerprint density at radius 3 is 2.42 bits per heavy atom. The van der Waals surface area contributed by atoms with Gasteiger partial charge in [-0.2, -0.15) is 13.2 Å². The van der Waals surface area contributed by atoms with E-state index < -0.39 is 33.8 Å². The summed E-state index contributed by atoms with van der Waals surface area (Å²) in [5.41, 5.74) is -5.37. The van der Waals surface area contributed by atoms with E-state index in [1.54, 1.807) is 0 Å². The smallest absolute Gasteiger partial charge is 0.426 e. The molecular weight excluding hydrogens is 355 g/mol. The highest BCUT2D eigenvalue weighted by atomic mass is 32.2. The zero-order valence-electron chi connectivity index (χ0n) is 12.4. The molecule has 0 spiro atoms. The first kappa shape index (κ1) is 18.6. The minimum absolute atomic E-state index is 0.00175. The molecule has 0 unspecified atom stereocenters. The molecule has 0 bridgehead atoms. The summed E-state index contributed by atoms with van der Waals surface area (Å²) in [5, 5.41) is 0. The van der Waals surface area contributed by atoms with Crippen molar-refractivity contribution in [1.82, 2.24) is 4.72 Å². The highest BCUT2D eigenvalue weighted by Crippen LogP contribution is 2.37. The van der Waals surface area contributed by atoms with Gasteiger partial charge in [-0.1, -0.05) is 12.1 Å². The SMILES string of the molecule is CC(=O)Oc1ccccc1C1(CNS(=O)(=O)C(F)(F)F)OCCO1. The molecule has 1 aliphatic rings. The quantitative estimate of drug-likeness (QED) is 0.621. The Hall–Kier alpha value is -1.69. The summed E-state index contributed by atoms with van der Waals surface area (Å²) in [6.07, 6.45) is 0. The van der Waals surface area contributed by atoms with Gasteiger partial charge in [0.15, 0.2) is 0 Å². The maximum absolute atomic E-state index is 12.5. The second-order valence-electron chi connectivity index (χ2n) is 4.81. The Bertz CT molecular complexity index is 713. The second-order valence-corrected chi connectivity index (χ2v) is 6.57. The maximum atomic E-state index is 12.5. The third-order valence-electron chi connectivity index (χ3n) is 3.10. The van der Waals surface area contributed by atoms with Crippen LogP contribution in [0.2, 0.25) is 0 Å². The molecule has 1 aromatic carbocycles. The van der Waals surface area contributed by atoms with E-state index in [-0.39, 0.29) is 24.5 Å². The lowest BCUT2D eigenvalue weighted by Gasteiger charge is -2.29. The van der Waals surface area contributed by atoms with Crippen LogP contribution in [-0.4, -0.2) is 39.7 Å². The molecule has 0 radical (unpaired) electrons. The molecule has 0 atom stereocenters. The van der Waals surface area contributed by atoms with Crippen LogP contribution in [0, 0.1) is 0 Å². The van der Waals surface area contributed by atoms with Crippen molar-refractivity contribution in [3.8, 4) is 5.75 Å². The van der Waals surface area contributed by atoms with Gasteiger partial charge in [0.1, 0.15) is 5.75 Å². The first-order valence-corrected chi connectivity index (χ1v) is 8.17. The minimum Gasteiger partial charge on any atom is -0.426 e. The molecule has 1 N–H and O–H groups in total. The molecule has 0 saturated carbocycles. The van der Waals surface area contributed by atoms with Crippen LogP contribution >= 0.6 is 0 Å². The van der Waals surface area contributed by atoms with Crippen molar-refractivity contribution < 1.29 is 40.6 Å². The van der Waals surface area contributed by atoms with E-state index in [2.05, 4.69) is 0 Å². The molecule has 134 valence electrons. The average molecular weight is 369 g/mol. The third-order valence-corrected chi connectivity index (χ3v) is 4.24. The van der Waals surface area contributed by atoms with E-state index in [0.717, 1.165) is 6.92 Å². The molecule has 0 aromatic heterocycles. The fraction of sp³-hybridized carbons (Fsp3) is 0.462. The highest BCUT2D eigenvalue weighted by Gasteiger charge is 2.49. The number of rotatable bonds is 5. The normalized spacial score (nSPS) is 17.7. The number of alkyl halides is 3. The van der Waals surface area contributed by atoms with Crippen molar-refractivity contribution in [2.75, 3.05) is 19.8 Å². The van der Waals surface area contributed by atoms with Crippen LogP contribution in [0.25, 0.3) is 0 Å². The summed E-state index contributed by atoms with van der Waals surface area (Å²) in [5.74, 6) is -2.49. The maximum Gasteiger partial charge on any atom is 0.511 e. The number of esters is 1. The first-order chi connectivity index (χ1) is 11.1. The zero-order chi connectivity index (χ0) is 18.0. The summed E-state index contributed by atoms with van der Waals surface area (Å²) in [6.45, 7) is 0.365. The molecule has 2 rings (SSSR count). The number of para-hydroxylation sites is 1. The monoisotopic (exact) mass is 369 g/mol. The van der Waals surface area contributed by atoms with Gasteiger partial charge in [-0.15, -0.1) is 0 Å². The molecule has 24 heavy (non-hydrogen) atoms. The number of sulfonamides is 1. The van der Waals surface area contributed by atoms with Crippen molar-refractivity contribution in [3.63, 3.8) is 0 Å². The number of halogens is 3. The van der Waals surface area contributed by atoms with Crippen molar-refractivity contribution in [2.45, 2.75) is 18.2 Å². The molecular formula is C13H14F3NO6S. The fourth-order valence-electron chi connectivity index (χ4n) is 2.10. The highest BCUT2D eigenvalue weighted by molar-refractivity contribution is 7.90. The molecule has 7 nitrogen and oxygen atoms in total. The molecule has 1 saturated heterocycles. The van der Waals surface area contributed by atoms with Crippen LogP contribution in [0.5, 0.6) is 5.75 Å². The van der Waals surface area contributed by atoms with Crippen LogP contribution in [0.3, 0.4) is 0 Å². The number of hydrogen-bond acceptors (Lipinski definition) is 6. The Morgan fingerprint density at radius 2 is 1.88 bits per heavy atom. The molecule has 0 amide bonds. The molecule has 11 heteroatoms. The third kappa shape index (κ3) is 3.86. The molecule has 1 aromatic rings. The Labute approximate surface area is 135 Å². The van der Waals surface area contributed by atoms with Gasteiger partial charge >= 0.3 is 21.5 Å². The minimum atomic E-state index is -5.58. The number of carbonyl (C=O) groups excluding carboxylic acids is 1. The summed E-state index contributed by atoms with van der Waals surface area (Å²) in [7, 11) is -5.58. The fourth-order valence-corrected chi connectivity index (χ4v) is 2.65. The van der Waals surface area contributed by atoms with Crippen LogP contribution in [0.15, 0.2) is 24.3 Å². The van der Waals surface area contributed by atoms with E-state index in [1.807, 2.05) is 0 Å². The average Bonchev–Trinajstić information content (AvgIpc) is 2.94. The largest absolute Gasteiger partial charge is 0.511 e. The van der Waals surface area contributed by atoms with Crippen molar-refractivity contribution in [2.24, 2.45) is 0 Å². The number of carbonyl (C=O) groups is 1. The molecule has 1 aliphatic heterocycles. The Kier molecular flexibility index (Phi) is 5.18. The van der Waals surface area contributed by atoms with E-state index in [1.165, 1.54) is 29.0 Å². The van der Waals surface area contributed by atoms with Crippen LogP contribution in [-0.2, 0) is 30.1 Å². The van der Waals surface area contributed by atoms with E-state index in [9.17, 15) is 26.4 Å². The molecule has 0 aliphatic carbocycles. The lowest BCUT2D eigenvalue weighted by atomic mass is 10.0. The van der Waals surface area contributed by atoms with Crippen molar-refractivity contribution in [3.05, 3.63) is 29.8 Å². The zero-order valence-corrected chi connectivity index (χ0v) is 13.2. The van der Waals surface area contributed by atoms with Crippen LogP contribution < -0.4 is 9.46 Å². The van der Waals surface area contributed by atoms with Crippen molar-refractivity contribution >= 4 is 16.0 Å². The predicted octanol–water partition coefficient (Wildman–Crippen LogP) is 1.25. The predicted molar refractivity (Wildman–Crippen MR) is 74.3 cm³/mol. The van der Waals surface area contributed by atoms with Gasteiger partial charge in [0.05, 0.1) is 25.3 Å². The van der Waals surface area contributed by atoms with Gasteiger partial charge < -0.3 is 14.2 Å². The number of nitrogens with one attached hydrogen (secondary N) is 1. The first-order valence-electron chi connectivity index (χ1n) is 6.69. The van der Waals surface area contributed by atoms with Crippen LogP contribution in [0.1, 0.15) is 12.5 Å². The number of hydrogen-bond donors (Lipinski definition) is 1. The van der Waals surface area contributed by atoms with Gasteiger partial charge in [0.25, 0.3) is 0 Å². The Balaban J connectivity index is 2.34. The summed E-state index contributed by atoms with van der Waals surface area (Å²) < 4.78 is 77.0. The second kappa shape index (κ2) is 6.67. The molecule has 1 heterocycles. The van der Waals surface area contributed by atoms with Gasteiger partial charge in [-0.3, -0.25) is 4.79 Å². The summed E-state index contributed by atoms with van der Waals surface area (Å²) in [6, 6.07) is 5.85. The molecule has 1 fully saturated rings. The van der Waals surface area contributed by atoms with Gasteiger partial charge in [0, 0.05) is 6.92 Å².